The van der Waals surface area contributed by atoms with E-state index in [1.165, 1.54) is 29.7 Å². The highest BCUT2D eigenvalue weighted by Gasteiger charge is 2.66. The molecular formula is C14H17NOS. The summed E-state index contributed by atoms with van der Waals surface area (Å²) in [6, 6.07) is 2.50. The van der Waals surface area contributed by atoms with Crippen molar-refractivity contribution >= 4 is 17.2 Å². The quantitative estimate of drug-likeness (QED) is 0.747. The zero-order valence-corrected chi connectivity index (χ0v) is 10.9. The van der Waals surface area contributed by atoms with E-state index in [2.05, 4.69) is 23.3 Å². The van der Waals surface area contributed by atoms with E-state index in [1.807, 2.05) is 11.3 Å². The average molecular weight is 247 g/mol. The standard InChI is InChI=1S/C14H17NOS/c1-9-10-3-7-17-12(10)2-6-15(9)13(16)11-8-14(11)4-5-14/h3,7,9,11H,2,4-6,8H2,1H3. The molecule has 17 heavy (non-hydrogen) atoms. The molecule has 0 radical (unpaired) electrons. The van der Waals surface area contributed by atoms with Crippen LogP contribution >= 0.6 is 11.3 Å². The molecule has 0 saturated heterocycles. The first-order valence-corrected chi connectivity index (χ1v) is 7.46. The summed E-state index contributed by atoms with van der Waals surface area (Å²) < 4.78 is 0. The molecule has 1 aromatic heterocycles. The van der Waals surface area contributed by atoms with Crippen molar-refractivity contribution in [2.24, 2.45) is 11.3 Å². The minimum absolute atomic E-state index is 0.300. The van der Waals surface area contributed by atoms with Crippen molar-refractivity contribution in [3.63, 3.8) is 0 Å². The smallest absolute Gasteiger partial charge is 0.226 e. The lowest BCUT2D eigenvalue weighted by molar-refractivity contribution is -0.135. The summed E-state index contributed by atoms with van der Waals surface area (Å²) in [5.74, 6) is 0.817. The molecule has 2 unspecified atom stereocenters. The molecule has 2 nitrogen and oxygen atoms in total. The highest BCUT2D eigenvalue weighted by Crippen LogP contribution is 2.71. The van der Waals surface area contributed by atoms with E-state index in [9.17, 15) is 4.79 Å². The number of hydrogen-bond acceptors (Lipinski definition) is 2. The van der Waals surface area contributed by atoms with Crippen LogP contribution in [-0.2, 0) is 11.2 Å². The number of nitrogens with zero attached hydrogens (tertiary/aromatic N) is 1. The van der Waals surface area contributed by atoms with E-state index >= 15 is 0 Å². The molecule has 3 aliphatic rings. The second-order valence-corrected chi connectivity index (χ2v) is 6.88. The van der Waals surface area contributed by atoms with Gasteiger partial charge in [-0.15, -0.1) is 11.3 Å². The van der Waals surface area contributed by atoms with Gasteiger partial charge in [-0.05, 0) is 55.0 Å². The third-order valence-corrected chi connectivity index (χ3v) is 5.94. The van der Waals surface area contributed by atoms with Gasteiger partial charge >= 0.3 is 0 Å². The number of rotatable bonds is 1. The Labute approximate surface area is 106 Å². The van der Waals surface area contributed by atoms with Crippen LogP contribution in [0.5, 0.6) is 0 Å². The molecule has 2 heterocycles. The second kappa shape index (κ2) is 3.14. The van der Waals surface area contributed by atoms with Crippen LogP contribution in [0.3, 0.4) is 0 Å². The van der Waals surface area contributed by atoms with Crippen LogP contribution in [0.25, 0.3) is 0 Å². The topological polar surface area (TPSA) is 20.3 Å². The highest BCUT2D eigenvalue weighted by molar-refractivity contribution is 7.10. The number of amides is 1. The average Bonchev–Trinajstić information content (AvgIpc) is 3.21. The Hall–Kier alpha value is -0.830. The van der Waals surface area contributed by atoms with Gasteiger partial charge < -0.3 is 4.90 Å². The van der Waals surface area contributed by atoms with Crippen LogP contribution in [-0.4, -0.2) is 17.4 Å². The summed E-state index contributed by atoms with van der Waals surface area (Å²) in [7, 11) is 0. The third-order valence-electron chi connectivity index (χ3n) is 4.94. The van der Waals surface area contributed by atoms with E-state index in [1.54, 1.807) is 0 Å². The molecule has 0 aromatic carbocycles. The maximum atomic E-state index is 12.5. The molecule has 1 aromatic rings. The maximum Gasteiger partial charge on any atom is 0.226 e. The Morgan fingerprint density at radius 2 is 2.35 bits per heavy atom. The molecule has 1 spiro atoms. The first-order chi connectivity index (χ1) is 8.21. The lowest BCUT2D eigenvalue weighted by Crippen LogP contribution is -2.39. The molecule has 4 rings (SSSR count). The third kappa shape index (κ3) is 1.35. The Morgan fingerprint density at radius 1 is 1.53 bits per heavy atom. The molecule has 1 amide bonds. The molecule has 0 N–H and O–H groups in total. The summed E-state index contributed by atoms with van der Waals surface area (Å²) >= 11 is 1.84. The van der Waals surface area contributed by atoms with Crippen LogP contribution in [0.1, 0.15) is 42.7 Å². The lowest BCUT2D eigenvalue weighted by Gasteiger charge is -2.34. The van der Waals surface area contributed by atoms with Crippen molar-refractivity contribution in [1.29, 1.82) is 0 Å². The normalized spacial score (nSPS) is 32.4. The van der Waals surface area contributed by atoms with Crippen LogP contribution in [0.15, 0.2) is 11.4 Å². The van der Waals surface area contributed by atoms with Crippen molar-refractivity contribution in [2.45, 2.75) is 38.6 Å². The van der Waals surface area contributed by atoms with Crippen LogP contribution in [0.2, 0.25) is 0 Å². The summed E-state index contributed by atoms with van der Waals surface area (Å²) in [4.78, 5) is 16.1. The molecule has 2 atom stereocenters. The molecule has 2 aliphatic carbocycles. The summed E-state index contributed by atoms with van der Waals surface area (Å²) in [5.41, 5.74) is 1.88. The van der Waals surface area contributed by atoms with E-state index in [-0.39, 0.29) is 0 Å². The number of carbonyl (C=O) groups is 1. The first kappa shape index (κ1) is 10.1. The summed E-state index contributed by atoms with van der Waals surface area (Å²) in [6.45, 7) is 3.12. The number of fused-ring (bicyclic) bond motifs is 1. The summed E-state index contributed by atoms with van der Waals surface area (Å²) in [5, 5.41) is 2.16. The number of carbonyl (C=O) groups excluding carboxylic acids is 1. The van der Waals surface area contributed by atoms with Crippen LogP contribution in [0.4, 0.5) is 0 Å². The van der Waals surface area contributed by atoms with Crippen molar-refractivity contribution in [3.8, 4) is 0 Å². The van der Waals surface area contributed by atoms with Gasteiger partial charge in [0, 0.05) is 17.3 Å². The largest absolute Gasteiger partial charge is 0.335 e. The van der Waals surface area contributed by atoms with E-state index in [4.69, 9.17) is 0 Å². The SMILES string of the molecule is CC1c2ccsc2CCN1C(=O)C1CC12CC2. The highest BCUT2D eigenvalue weighted by atomic mass is 32.1. The Bertz CT molecular complexity index is 488. The van der Waals surface area contributed by atoms with Gasteiger partial charge in [-0.25, -0.2) is 0 Å². The molecule has 0 bridgehead atoms. The van der Waals surface area contributed by atoms with Crippen LogP contribution < -0.4 is 0 Å². The van der Waals surface area contributed by atoms with Gasteiger partial charge in [0.1, 0.15) is 0 Å². The van der Waals surface area contributed by atoms with E-state index < -0.39 is 0 Å². The monoisotopic (exact) mass is 247 g/mol. The molecule has 2 saturated carbocycles. The van der Waals surface area contributed by atoms with Gasteiger partial charge in [-0.1, -0.05) is 0 Å². The molecule has 2 fully saturated rings. The van der Waals surface area contributed by atoms with E-state index in [0.717, 1.165) is 13.0 Å². The predicted octanol–water partition coefficient (Wildman–Crippen LogP) is 2.99. The fourth-order valence-corrected chi connectivity index (χ4v) is 4.38. The van der Waals surface area contributed by atoms with Crippen molar-refractivity contribution in [3.05, 3.63) is 21.9 Å². The van der Waals surface area contributed by atoms with Gasteiger partial charge in [-0.3, -0.25) is 4.79 Å². The minimum Gasteiger partial charge on any atom is -0.335 e. The van der Waals surface area contributed by atoms with Crippen molar-refractivity contribution in [1.82, 2.24) is 4.90 Å². The first-order valence-electron chi connectivity index (χ1n) is 6.58. The van der Waals surface area contributed by atoms with Gasteiger partial charge in [0.05, 0.1) is 6.04 Å². The van der Waals surface area contributed by atoms with Gasteiger partial charge in [0.2, 0.25) is 5.91 Å². The van der Waals surface area contributed by atoms with E-state index in [0.29, 0.717) is 23.3 Å². The maximum absolute atomic E-state index is 12.5. The van der Waals surface area contributed by atoms with Gasteiger partial charge in [0.25, 0.3) is 0 Å². The van der Waals surface area contributed by atoms with Gasteiger partial charge in [-0.2, -0.15) is 0 Å². The number of hydrogen-bond donors (Lipinski definition) is 0. The molecule has 1 aliphatic heterocycles. The molecular weight excluding hydrogens is 230 g/mol. The predicted molar refractivity (Wildman–Crippen MR) is 67.9 cm³/mol. The number of thiophene rings is 1. The molecule has 90 valence electrons. The van der Waals surface area contributed by atoms with Crippen LogP contribution in [0, 0.1) is 11.3 Å². The van der Waals surface area contributed by atoms with Crippen molar-refractivity contribution < 1.29 is 4.79 Å². The Morgan fingerprint density at radius 3 is 3.06 bits per heavy atom. The minimum atomic E-state index is 0.300. The lowest BCUT2D eigenvalue weighted by atomic mass is 10.0. The fraction of sp³-hybridized carbons (Fsp3) is 0.643. The Kier molecular flexibility index (Phi) is 1.87. The molecule has 3 heteroatoms. The van der Waals surface area contributed by atoms with Crippen molar-refractivity contribution in [2.75, 3.05) is 6.54 Å². The summed E-state index contributed by atoms with van der Waals surface area (Å²) in [6.07, 6.45) is 4.83. The zero-order chi connectivity index (χ0) is 11.6. The fourth-order valence-electron chi connectivity index (χ4n) is 3.42. The second-order valence-electron chi connectivity index (χ2n) is 5.88. The zero-order valence-electron chi connectivity index (χ0n) is 10.1. The van der Waals surface area contributed by atoms with Gasteiger partial charge in [0.15, 0.2) is 0 Å². The Balaban J connectivity index is 1.58.